The number of hydrogen-bond acceptors (Lipinski definition) is 2. The summed E-state index contributed by atoms with van der Waals surface area (Å²) in [5.74, 6) is 1.75. The van der Waals surface area contributed by atoms with Crippen LogP contribution in [0.3, 0.4) is 0 Å². The van der Waals surface area contributed by atoms with Crippen molar-refractivity contribution in [1.29, 1.82) is 0 Å². The second-order valence-electron chi connectivity index (χ2n) is 12.8. The number of rotatable bonds is 4. The molecule has 0 radical (unpaired) electrons. The van der Waals surface area contributed by atoms with Crippen molar-refractivity contribution in [3.8, 4) is 33.8 Å². The fourth-order valence-corrected chi connectivity index (χ4v) is 8.31. The third-order valence-corrected chi connectivity index (χ3v) is 10.3. The van der Waals surface area contributed by atoms with Crippen molar-refractivity contribution in [3.63, 3.8) is 0 Å². The van der Waals surface area contributed by atoms with Crippen LogP contribution in [-0.4, -0.2) is 0 Å². The number of para-hydroxylation sites is 2. The summed E-state index contributed by atoms with van der Waals surface area (Å²) < 4.78 is 7.13. The Bertz CT molecular complexity index is 2500. The van der Waals surface area contributed by atoms with E-state index in [-0.39, 0.29) is 0 Å². The van der Waals surface area contributed by atoms with Gasteiger partial charge in [-0.1, -0.05) is 158 Å². The average Bonchev–Trinajstić information content (AvgIpc) is 3.47. The minimum absolute atomic E-state index is 0.538. The van der Waals surface area contributed by atoms with Crippen LogP contribution >= 0.6 is 0 Å². The highest BCUT2D eigenvalue weighted by molar-refractivity contribution is 6.01. The Morgan fingerprint density at radius 3 is 1.80 bits per heavy atom. The van der Waals surface area contributed by atoms with Crippen molar-refractivity contribution >= 4 is 27.8 Å². The maximum Gasteiger partial charge on any atom is 0.156 e. The van der Waals surface area contributed by atoms with E-state index >= 15 is 0 Å². The highest BCUT2D eigenvalue weighted by Gasteiger charge is 2.51. The lowest BCUT2D eigenvalue weighted by molar-refractivity contribution is 0.437. The van der Waals surface area contributed by atoms with Crippen LogP contribution in [0, 0.1) is 0 Å². The fourth-order valence-electron chi connectivity index (χ4n) is 8.31. The van der Waals surface area contributed by atoms with Gasteiger partial charge in [-0.2, -0.15) is 0 Å². The Morgan fingerprint density at radius 2 is 0.980 bits per heavy atom. The number of anilines is 3. The molecule has 0 atom stereocenters. The van der Waals surface area contributed by atoms with Crippen molar-refractivity contribution in [2.45, 2.75) is 5.41 Å². The van der Waals surface area contributed by atoms with E-state index in [1.807, 2.05) is 0 Å². The molecule has 1 heterocycles. The molecule has 2 nitrogen and oxygen atoms in total. The molecule has 1 aliphatic carbocycles. The van der Waals surface area contributed by atoms with Gasteiger partial charge in [-0.25, -0.2) is 0 Å². The number of nitrogens with zero attached hydrogens (tertiary/aromatic N) is 1. The van der Waals surface area contributed by atoms with Gasteiger partial charge in [-0.05, 0) is 69.1 Å². The van der Waals surface area contributed by atoms with E-state index in [0.717, 1.165) is 39.7 Å². The van der Waals surface area contributed by atoms with Gasteiger partial charge in [0.1, 0.15) is 5.75 Å². The molecule has 0 unspecified atom stereocenters. The van der Waals surface area contributed by atoms with Crippen molar-refractivity contribution < 1.29 is 4.74 Å². The van der Waals surface area contributed by atoms with E-state index in [0.29, 0.717) is 0 Å². The molecule has 1 spiro atoms. The number of fused-ring (bicyclic) bond motifs is 10. The summed E-state index contributed by atoms with van der Waals surface area (Å²) in [5, 5.41) is 2.37. The minimum atomic E-state index is -0.538. The summed E-state index contributed by atoms with van der Waals surface area (Å²) in [6, 6.07) is 67.7. The van der Waals surface area contributed by atoms with Gasteiger partial charge in [0.05, 0.1) is 16.8 Å². The van der Waals surface area contributed by atoms with Crippen molar-refractivity contribution in [2.24, 2.45) is 0 Å². The van der Waals surface area contributed by atoms with E-state index in [2.05, 4.69) is 193 Å². The van der Waals surface area contributed by atoms with Gasteiger partial charge in [0, 0.05) is 22.2 Å². The molecule has 0 bridgehead atoms. The normalized spacial score (nSPS) is 13.2. The Kier molecular flexibility index (Phi) is 6.13. The molecule has 8 aromatic rings. The summed E-state index contributed by atoms with van der Waals surface area (Å²) in [6.45, 7) is 0. The Balaban J connectivity index is 1.30. The Hall–Kier alpha value is -6.38. The molecular formula is C47H31NO. The monoisotopic (exact) mass is 625 g/mol. The van der Waals surface area contributed by atoms with Gasteiger partial charge in [0.2, 0.25) is 0 Å². The maximum atomic E-state index is 7.13. The number of ether oxygens (including phenoxy) is 1. The minimum Gasteiger partial charge on any atom is -0.454 e. The molecule has 0 saturated heterocycles. The van der Waals surface area contributed by atoms with Crippen molar-refractivity contribution in [1.82, 2.24) is 0 Å². The molecule has 0 saturated carbocycles. The van der Waals surface area contributed by atoms with Crippen LogP contribution < -0.4 is 9.64 Å². The molecule has 0 N–H and O–H groups in total. The lowest BCUT2D eigenvalue weighted by Gasteiger charge is -2.41. The van der Waals surface area contributed by atoms with Crippen LogP contribution in [0.5, 0.6) is 11.5 Å². The van der Waals surface area contributed by atoms with Gasteiger partial charge in [-0.15, -0.1) is 0 Å². The van der Waals surface area contributed by atoms with Crippen LogP contribution in [0.4, 0.5) is 17.1 Å². The van der Waals surface area contributed by atoms with Crippen LogP contribution in [0.1, 0.15) is 22.3 Å². The molecular weight excluding hydrogens is 595 g/mol. The quantitative estimate of drug-likeness (QED) is 0.193. The van der Waals surface area contributed by atoms with Gasteiger partial charge in [0.25, 0.3) is 0 Å². The summed E-state index contributed by atoms with van der Waals surface area (Å²) in [6.07, 6.45) is 0. The zero-order valence-corrected chi connectivity index (χ0v) is 26.8. The van der Waals surface area contributed by atoms with Gasteiger partial charge in [-0.3, -0.25) is 0 Å². The van der Waals surface area contributed by atoms with Crippen LogP contribution in [-0.2, 0) is 5.41 Å². The zero-order valence-electron chi connectivity index (χ0n) is 26.8. The first-order valence-corrected chi connectivity index (χ1v) is 16.9. The Morgan fingerprint density at radius 1 is 0.408 bits per heavy atom. The van der Waals surface area contributed by atoms with Gasteiger partial charge >= 0.3 is 0 Å². The summed E-state index contributed by atoms with van der Waals surface area (Å²) >= 11 is 0. The first-order valence-electron chi connectivity index (χ1n) is 16.9. The summed E-state index contributed by atoms with van der Waals surface area (Å²) in [4.78, 5) is 2.39. The second kappa shape index (κ2) is 10.8. The van der Waals surface area contributed by atoms with Crippen LogP contribution in [0.25, 0.3) is 33.0 Å². The van der Waals surface area contributed by atoms with Crippen LogP contribution in [0.15, 0.2) is 188 Å². The lowest BCUT2D eigenvalue weighted by atomic mass is 9.66. The summed E-state index contributed by atoms with van der Waals surface area (Å²) in [5.41, 5.74) is 12.4. The standard InChI is InChI=1S/C47H31NO/c1-2-15-32(16-3-1)34-19-12-20-35(31-34)48(43-28-13-18-33-17-4-5-21-36(33)43)44-29-14-27-42-46(44)49-45-30-11-10-26-41(45)47(42)39-24-8-6-22-37(39)38-23-7-9-25-40(38)47/h1-31H. The van der Waals surface area contributed by atoms with Gasteiger partial charge in [0.15, 0.2) is 5.75 Å². The van der Waals surface area contributed by atoms with Crippen molar-refractivity contribution in [3.05, 3.63) is 210 Å². The maximum absolute atomic E-state index is 7.13. The molecule has 0 amide bonds. The smallest absolute Gasteiger partial charge is 0.156 e. The highest BCUT2D eigenvalue weighted by Crippen LogP contribution is 2.63. The van der Waals surface area contributed by atoms with Gasteiger partial charge < -0.3 is 9.64 Å². The molecule has 2 aliphatic rings. The molecule has 0 fully saturated rings. The largest absolute Gasteiger partial charge is 0.454 e. The average molecular weight is 626 g/mol. The molecule has 2 heteroatoms. The Labute approximate surface area is 286 Å². The van der Waals surface area contributed by atoms with Crippen molar-refractivity contribution in [2.75, 3.05) is 4.90 Å². The topological polar surface area (TPSA) is 12.5 Å². The molecule has 230 valence electrons. The highest BCUT2D eigenvalue weighted by atomic mass is 16.5. The van der Waals surface area contributed by atoms with E-state index in [1.165, 1.54) is 44.2 Å². The van der Waals surface area contributed by atoms with Crippen LogP contribution in [0.2, 0.25) is 0 Å². The predicted molar refractivity (Wildman–Crippen MR) is 201 cm³/mol. The third kappa shape index (κ3) is 4.01. The first kappa shape index (κ1) is 27.7. The predicted octanol–water partition coefficient (Wildman–Crippen LogP) is 12.4. The van der Waals surface area contributed by atoms with E-state index in [4.69, 9.17) is 4.74 Å². The third-order valence-electron chi connectivity index (χ3n) is 10.3. The lowest BCUT2D eigenvalue weighted by Crippen LogP contribution is -2.32. The SMILES string of the molecule is c1ccc(-c2cccc(N(c3cccc4c3Oc3ccccc3C43c4ccccc4-c4ccccc43)c3cccc4ccccc34)c2)cc1. The first-order chi connectivity index (χ1) is 24.3. The zero-order chi connectivity index (χ0) is 32.4. The molecule has 8 aromatic carbocycles. The van der Waals surface area contributed by atoms with E-state index in [9.17, 15) is 0 Å². The molecule has 0 aromatic heterocycles. The fraction of sp³-hybridized carbons (Fsp3) is 0.0213. The number of hydrogen-bond donors (Lipinski definition) is 0. The molecule has 49 heavy (non-hydrogen) atoms. The summed E-state index contributed by atoms with van der Waals surface area (Å²) in [7, 11) is 0. The van der Waals surface area contributed by atoms with E-state index < -0.39 is 5.41 Å². The molecule has 10 rings (SSSR count). The second-order valence-corrected chi connectivity index (χ2v) is 12.8. The van der Waals surface area contributed by atoms with E-state index in [1.54, 1.807) is 0 Å². The number of benzene rings is 8. The molecule has 1 aliphatic heterocycles.